The van der Waals surface area contributed by atoms with Crippen LogP contribution < -0.4 is 10.5 Å². The van der Waals surface area contributed by atoms with Crippen molar-refractivity contribution in [1.29, 1.82) is 0 Å². The van der Waals surface area contributed by atoms with E-state index in [1.165, 1.54) is 19.1 Å². The predicted octanol–water partition coefficient (Wildman–Crippen LogP) is 0.641. The van der Waals surface area contributed by atoms with Gasteiger partial charge in [-0.3, -0.25) is 9.59 Å². The van der Waals surface area contributed by atoms with Crippen LogP contribution in [0.15, 0.2) is 29.2 Å². The number of rotatable bonds is 9. The van der Waals surface area contributed by atoms with Crippen LogP contribution in [-0.2, 0) is 26.0 Å². The Morgan fingerprint density at radius 2 is 1.79 bits per heavy atom. The number of carbonyl (C=O) groups excluding carboxylic acids is 2. The monoisotopic (exact) mass is 355 g/mol. The third-order valence-electron chi connectivity index (χ3n) is 3.55. The van der Waals surface area contributed by atoms with E-state index in [0.717, 1.165) is 12.0 Å². The van der Waals surface area contributed by atoms with Crippen LogP contribution in [0.1, 0.15) is 32.3 Å². The first kappa shape index (κ1) is 20.1. The summed E-state index contributed by atoms with van der Waals surface area (Å²) < 4.78 is 22.4. The number of benzene rings is 1. The fourth-order valence-electron chi connectivity index (χ4n) is 2.13. The van der Waals surface area contributed by atoms with Gasteiger partial charge in [0.05, 0.1) is 4.90 Å². The van der Waals surface area contributed by atoms with E-state index in [9.17, 15) is 18.0 Å². The summed E-state index contributed by atoms with van der Waals surface area (Å²) in [4.78, 5) is 25.0. The van der Waals surface area contributed by atoms with Gasteiger partial charge in [0.1, 0.15) is 0 Å². The Kier molecular flexibility index (Phi) is 7.87. The van der Waals surface area contributed by atoms with Crippen molar-refractivity contribution in [2.45, 2.75) is 38.0 Å². The molecule has 8 heteroatoms. The second-order valence-corrected chi connectivity index (χ2v) is 7.11. The summed E-state index contributed by atoms with van der Waals surface area (Å²) in [6.07, 6.45) is 1.71. The highest BCUT2D eigenvalue weighted by molar-refractivity contribution is 7.89. The summed E-state index contributed by atoms with van der Waals surface area (Å²) in [5.74, 6) is -0.167. The van der Waals surface area contributed by atoms with Crippen molar-refractivity contribution in [2.24, 2.45) is 5.14 Å². The van der Waals surface area contributed by atoms with E-state index in [2.05, 4.69) is 5.32 Å². The molecule has 1 aromatic rings. The van der Waals surface area contributed by atoms with Crippen molar-refractivity contribution < 1.29 is 18.0 Å². The molecule has 0 saturated carbocycles. The minimum absolute atomic E-state index is 0.0577. The van der Waals surface area contributed by atoms with E-state index >= 15 is 0 Å². The Labute approximate surface area is 143 Å². The second-order valence-electron chi connectivity index (χ2n) is 5.54. The fourth-order valence-corrected chi connectivity index (χ4v) is 2.64. The molecule has 1 rings (SSSR count). The highest BCUT2D eigenvalue weighted by Crippen LogP contribution is 2.10. The standard InChI is InChI=1S/C16H25N3O4S/c1-3-10-18-16(21)9-12-19(13(2)20)11-8-14-4-6-15(7-5-14)24(17,22)23/h4-7H,3,8-12H2,1-2H3,(H,18,21)(H2,17,22,23). The molecule has 0 unspecified atom stereocenters. The van der Waals surface area contributed by atoms with Crippen molar-refractivity contribution in [3.05, 3.63) is 29.8 Å². The van der Waals surface area contributed by atoms with Crippen LogP contribution in [0.3, 0.4) is 0 Å². The van der Waals surface area contributed by atoms with Gasteiger partial charge in [-0.15, -0.1) is 0 Å². The van der Waals surface area contributed by atoms with Crippen LogP contribution in [0, 0.1) is 0 Å². The number of nitrogens with two attached hydrogens (primary N) is 1. The van der Waals surface area contributed by atoms with Crippen molar-refractivity contribution in [2.75, 3.05) is 19.6 Å². The van der Waals surface area contributed by atoms with Crippen LogP contribution in [0.2, 0.25) is 0 Å². The zero-order chi connectivity index (χ0) is 18.2. The molecule has 24 heavy (non-hydrogen) atoms. The zero-order valence-electron chi connectivity index (χ0n) is 14.1. The van der Waals surface area contributed by atoms with Crippen LogP contribution in [-0.4, -0.2) is 44.8 Å². The molecule has 0 spiro atoms. The van der Waals surface area contributed by atoms with Gasteiger partial charge in [0, 0.05) is 33.0 Å². The average Bonchev–Trinajstić information content (AvgIpc) is 2.52. The topological polar surface area (TPSA) is 110 Å². The molecule has 0 aromatic heterocycles. The fraction of sp³-hybridized carbons (Fsp3) is 0.500. The van der Waals surface area contributed by atoms with Gasteiger partial charge in [0.25, 0.3) is 0 Å². The zero-order valence-corrected chi connectivity index (χ0v) is 14.9. The molecule has 0 bridgehead atoms. The molecule has 0 saturated heterocycles. The second kappa shape index (κ2) is 9.39. The number of hydrogen-bond donors (Lipinski definition) is 2. The Hall–Kier alpha value is -1.93. The van der Waals surface area contributed by atoms with Gasteiger partial charge in [-0.2, -0.15) is 0 Å². The lowest BCUT2D eigenvalue weighted by Gasteiger charge is -2.21. The van der Waals surface area contributed by atoms with Gasteiger partial charge >= 0.3 is 0 Å². The first-order valence-electron chi connectivity index (χ1n) is 7.88. The van der Waals surface area contributed by atoms with E-state index in [4.69, 9.17) is 5.14 Å². The maximum Gasteiger partial charge on any atom is 0.238 e. The highest BCUT2D eigenvalue weighted by atomic mass is 32.2. The highest BCUT2D eigenvalue weighted by Gasteiger charge is 2.12. The Morgan fingerprint density at radius 1 is 1.17 bits per heavy atom. The van der Waals surface area contributed by atoms with Crippen LogP contribution in [0.5, 0.6) is 0 Å². The summed E-state index contributed by atoms with van der Waals surface area (Å²) >= 11 is 0. The third kappa shape index (κ3) is 7.10. The first-order chi connectivity index (χ1) is 11.2. The van der Waals surface area contributed by atoms with Gasteiger partial charge in [0.2, 0.25) is 21.8 Å². The molecule has 0 atom stereocenters. The van der Waals surface area contributed by atoms with Crippen molar-refractivity contribution in [3.63, 3.8) is 0 Å². The Bertz CT molecular complexity index is 656. The maximum atomic E-state index is 11.7. The third-order valence-corrected chi connectivity index (χ3v) is 4.48. The van der Waals surface area contributed by atoms with Gasteiger partial charge in [0.15, 0.2) is 0 Å². The first-order valence-corrected chi connectivity index (χ1v) is 9.42. The summed E-state index contributed by atoms with van der Waals surface area (Å²) in [5.41, 5.74) is 0.893. The summed E-state index contributed by atoms with van der Waals surface area (Å²) in [5, 5.41) is 7.83. The number of nitrogens with one attached hydrogen (secondary N) is 1. The number of hydrogen-bond acceptors (Lipinski definition) is 4. The van der Waals surface area contributed by atoms with Gasteiger partial charge in [-0.1, -0.05) is 19.1 Å². The molecule has 0 radical (unpaired) electrons. The number of primary sulfonamides is 1. The van der Waals surface area contributed by atoms with Gasteiger partial charge < -0.3 is 10.2 Å². The van der Waals surface area contributed by atoms with Crippen molar-refractivity contribution in [3.8, 4) is 0 Å². The molecule has 7 nitrogen and oxygen atoms in total. The van der Waals surface area contributed by atoms with Crippen LogP contribution in [0.4, 0.5) is 0 Å². The normalized spacial score (nSPS) is 11.1. The molecular weight excluding hydrogens is 330 g/mol. The molecule has 0 heterocycles. The molecule has 134 valence electrons. The van der Waals surface area contributed by atoms with E-state index in [-0.39, 0.29) is 23.1 Å². The molecule has 0 aliphatic heterocycles. The molecule has 0 aliphatic rings. The quantitative estimate of drug-likeness (QED) is 0.677. The lowest BCUT2D eigenvalue weighted by atomic mass is 10.1. The molecule has 3 N–H and O–H groups in total. The van der Waals surface area contributed by atoms with Crippen molar-refractivity contribution >= 4 is 21.8 Å². The van der Waals surface area contributed by atoms with Crippen molar-refractivity contribution in [1.82, 2.24) is 10.2 Å². The largest absolute Gasteiger partial charge is 0.356 e. The lowest BCUT2D eigenvalue weighted by molar-refractivity contribution is -0.129. The molecular formula is C16H25N3O4S. The van der Waals surface area contributed by atoms with E-state index < -0.39 is 10.0 Å². The smallest absolute Gasteiger partial charge is 0.238 e. The van der Waals surface area contributed by atoms with E-state index in [1.807, 2.05) is 6.92 Å². The molecule has 0 aliphatic carbocycles. The molecule has 1 aromatic carbocycles. The Balaban J connectivity index is 2.54. The van der Waals surface area contributed by atoms with Gasteiger partial charge in [-0.25, -0.2) is 13.6 Å². The molecule has 0 fully saturated rings. The Morgan fingerprint density at radius 3 is 2.29 bits per heavy atom. The number of nitrogens with zero attached hydrogens (tertiary/aromatic N) is 1. The number of amides is 2. The molecule has 2 amide bonds. The number of sulfonamides is 1. The average molecular weight is 355 g/mol. The summed E-state index contributed by atoms with van der Waals surface area (Å²) in [6.45, 7) is 4.90. The van der Waals surface area contributed by atoms with E-state index in [1.54, 1.807) is 17.0 Å². The van der Waals surface area contributed by atoms with Crippen LogP contribution in [0.25, 0.3) is 0 Å². The number of carbonyl (C=O) groups is 2. The minimum atomic E-state index is -3.70. The summed E-state index contributed by atoms with van der Waals surface area (Å²) in [7, 11) is -3.70. The summed E-state index contributed by atoms with van der Waals surface area (Å²) in [6, 6.07) is 6.24. The van der Waals surface area contributed by atoms with Crippen LogP contribution >= 0.6 is 0 Å². The van der Waals surface area contributed by atoms with E-state index in [0.29, 0.717) is 26.1 Å². The maximum absolute atomic E-state index is 11.7. The SMILES string of the molecule is CCCNC(=O)CCN(CCc1ccc(S(N)(=O)=O)cc1)C(C)=O. The lowest BCUT2D eigenvalue weighted by Crippen LogP contribution is -2.35. The predicted molar refractivity (Wildman–Crippen MR) is 91.7 cm³/mol. The van der Waals surface area contributed by atoms with Gasteiger partial charge in [-0.05, 0) is 30.5 Å². The minimum Gasteiger partial charge on any atom is -0.356 e.